The Kier molecular flexibility index (Phi) is 34.7. The molecule has 2 aromatic heterocycles. The summed E-state index contributed by atoms with van der Waals surface area (Å²) >= 11 is 12.3. The number of amidine groups is 2. The number of hydrogen-bond donors (Lipinski definition) is 19. The third kappa shape index (κ3) is 25.2. The number of aliphatic hydroxyl groups excluding tert-OH is 8. The molecule has 9 aliphatic heterocycles. The summed E-state index contributed by atoms with van der Waals surface area (Å²) in [6.07, 6.45) is -9.25. The summed E-state index contributed by atoms with van der Waals surface area (Å²) in [6, 6.07) is 0. The number of imidazole rings is 1. The van der Waals surface area contributed by atoms with E-state index in [0.717, 1.165) is 41.9 Å². The second kappa shape index (κ2) is 41.5. The number of aliphatic imine (C=N–C) groups is 2. The van der Waals surface area contributed by atoms with Gasteiger partial charge in [-0.25, -0.2) is 78.8 Å². The van der Waals surface area contributed by atoms with Crippen LogP contribution in [0, 0.1) is 6.92 Å². The molecule has 132 heavy (non-hydrogen) atoms. The number of carbonyl (C=O) groups excluding carboxylic acids is 4. The van der Waals surface area contributed by atoms with E-state index in [2.05, 4.69) is 94.5 Å². The van der Waals surface area contributed by atoms with Crippen LogP contribution in [0.5, 0.6) is 0 Å². The lowest BCUT2D eigenvalue weighted by atomic mass is 9.91. The molecule has 21 N–H and O–H groups in total. The van der Waals surface area contributed by atoms with Crippen LogP contribution in [0.4, 0.5) is 31.5 Å². The number of rotatable bonds is 27. The third-order valence-corrected chi connectivity index (χ3v) is 24.9. The van der Waals surface area contributed by atoms with Gasteiger partial charge in [0.05, 0.1) is 18.5 Å². The van der Waals surface area contributed by atoms with E-state index in [1.807, 2.05) is 0 Å². The summed E-state index contributed by atoms with van der Waals surface area (Å²) in [4.78, 5) is 116. The van der Waals surface area contributed by atoms with Gasteiger partial charge in [-0.3, -0.25) is 28.0 Å². The number of halogens is 7. The number of azide groups is 1. The number of aliphatic hydroxyl groups is 10. The number of aryl methyl sites for hydroxylation is 1. The molecule has 5 fully saturated rings. The van der Waals surface area contributed by atoms with E-state index in [4.69, 9.17) is 117 Å². The number of aromatic nitrogens is 4. The molecule has 11 rings (SSSR count). The fourth-order valence-electron chi connectivity index (χ4n) is 12.6. The topological polar surface area (TPSA) is 784 Å². The number of ether oxygens (including phenoxy) is 9. The number of hydrogen-bond acceptors (Lipinski definition) is 45. The predicted molar refractivity (Wildman–Crippen MR) is 431 cm³/mol. The van der Waals surface area contributed by atoms with Crippen molar-refractivity contribution >= 4 is 101 Å². The zero-order valence-electron chi connectivity index (χ0n) is 70.4. The molecule has 0 radical (unpaired) electrons. The van der Waals surface area contributed by atoms with Crippen LogP contribution in [-0.2, 0) is 97.2 Å². The Morgan fingerprint density at radius 2 is 0.970 bits per heavy atom. The lowest BCUT2D eigenvalue weighted by Gasteiger charge is -2.36. The molecule has 55 nitrogen and oxygen atoms in total. The van der Waals surface area contributed by atoms with Gasteiger partial charge in [-0.05, 0) is 86.9 Å². The van der Waals surface area contributed by atoms with E-state index in [9.17, 15) is 96.0 Å². The van der Waals surface area contributed by atoms with Crippen LogP contribution in [0.1, 0.15) is 74.4 Å². The SMILES string of the molecule is C=C1N=C(N)C=CN1[C@@H]1O[C@](F)(CO)[C@@H](O)[C@@]1(C)N=[N+]=[N-].C=C1N=C(N)C=CN1[C@@H]1O[C@](F)(CO)[C@@H](O)[C@@]1(C)O.C=C1NC(=O)C=CN1[C@@H]1O[C@](F)(CO)[C@@H](O)[C@@]1(C)Cl.C=C1NC(=O)C=CN1[C@@H]1O[C@](F)(COP(=O)(O)OP(=O)(O)OP(=O)(O)O)[C@@H](O)[C@@]1(C)Cl.Cc1nc2c(ncn2[C@@H]2O[C@](F)(COP(=O)(OCOC(=O)OC(C)C)OCOC(=O)OC(C)C)[C@@H](O)[C@@]2(C)O)c(=O)[nH]1. The molecule has 740 valence electrons. The van der Waals surface area contributed by atoms with E-state index < -0.39 is 231 Å². The first-order valence-electron chi connectivity index (χ1n) is 37.3. The lowest BCUT2D eigenvalue weighted by molar-refractivity contribution is -0.210. The molecule has 22 atom stereocenters. The van der Waals surface area contributed by atoms with Gasteiger partial charge in [0.25, 0.3) is 46.6 Å². The van der Waals surface area contributed by atoms with E-state index >= 15 is 8.78 Å². The Morgan fingerprint density at radius 1 is 0.583 bits per heavy atom. The van der Waals surface area contributed by atoms with E-state index in [1.54, 1.807) is 0 Å². The van der Waals surface area contributed by atoms with Crippen LogP contribution in [0.25, 0.3) is 21.6 Å². The van der Waals surface area contributed by atoms with E-state index in [1.165, 1.54) is 107 Å². The highest BCUT2D eigenvalue weighted by Crippen LogP contribution is 2.67. The zero-order valence-corrected chi connectivity index (χ0v) is 75.5. The molecule has 0 spiro atoms. The van der Waals surface area contributed by atoms with Crippen molar-refractivity contribution in [3.8, 4) is 0 Å². The molecule has 66 heteroatoms. The Balaban J connectivity index is 0.000000234. The average Bonchev–Trinajstić information content (AvgIpc) is 1.56. The Labute approximate surface area is 751 Å². The fraction of sp³-hybridized carbons (Fsp3) is 0.591. The van der Waals surface area contributed by atoms with Gasteiger partial charge in [-0.2, -0.15) is 8.62 Å². The first kappa shape index (κ1) is 110. The van der Waals surface area contributed by atoms with Gasteiger partial charge in [0.1, 0.15) is 131 Å². The highest BCUT2D eigenvalue weighted by Gasteiger charge is 2.69. The summed E-state index contributed by atoms with van der Waals surface area (Å²) < 4.78 is 192. The van der Waals surface area contributed by atoms with Gasteiger partial charge in [0, 0.05) is 41.9 Å². The van der Waals surface area contributed by atoms with Crippen LogP contribution in [-0.4, -0.2) is 316 Å². The normalized spacial score (nSPS) is 34.6. The third-order valence-electron chi connectivity index (χ3n) is 19.1. The number of carbonyl (C=O) groups is 4. The maximum atomic E-state index is 16.0. The number of fused-ring (bicyclic) bond motifs is 1. The minimum atomic E-state index is -5.83. The van der Waals surface area contributed by atoms with Gasteiger partial charge < -0.3 is 160 Å². The number of amides is 2. The Hall–Kier alpha value is -8.65. The van der Waals surface area contributed by atoms with Crippen molar-refractivity contribution < 1.29 is 199 Å². The molecule has 0 aliphatic carbocycles. The van der Waals surface area contributed by atoms with Crippen molar-refractivity contribution in [1.29, 1.82) is 0 Å². The summed E-state index contributed by atoms with van der Waals surface area (Å²) in [7, 11) is -22.1. The number of nitrogens with one attached hydrogen (secondary N) is 3. The van der Waals surface area contributed by atoms with Gasteiger partial charge in [-0.15, -0.1) is 23.2 Å². The molecule has 0 saturated carbocycles. The zero-order chi connectivity index (χ0) is 100. The molecule has 0 aromatic carbocycles. The van der Waals surface area contributed by atoms with Gasteiger partial charge in [0.15, 0.2) is 42.3 Å². The number of aromatic amines is 1. The summed E-state index contributed by atoms with van der Waals surface area (Å²) in [5.41, 5.74) is 12.7. The molecule has 2 unspecified atom stereocenters. The van der Waals surface area contributed by atoms with Crippen molar-refractivity contribution in [2.45, 2.75) is 199 Å². The molecular formula is C66H94Cl2F5N17O38P4. The lowest BCUT2D eigenvalue weighted by Crippen LogP contribution is -2.52. The second-order valence-corrected chi connectivity index (χ2v) is 38.0. The van der Waals surface area contributed by atoms with Crippen molar-refractivity contribution in [2.24, 2.45) is 26.6 Å². The maximum Gasteiger partial charge on any atom is 0.510 e. The highest BCUT2D eigenvalue weighted by atomic mass is 35.5. The standard InChI is InChI=1S/C22H32FN4O14P.C11H17ClFN2O13P3.C11H14ClFN2O4.C11H15FN6O3.C11H16FN3O4/c1-11(2)39-19(30)34-9-37-42(33,38-10-35-20(31)40-12(3)4)36-7-22(23)17(29)21(6,32)18(41-22)27-8-24-14-15(27)25-13(5)26-16(14)28;1-6-14-7(16)3-4-15(6)9-10(2,12)8(17)11(13,26-9)5-25-30(21,22)28-31(23,24)27-29(18,19)20;1-6-14-7(17)3-4-15(6)9-10(2,12)8(18)11(13,5-16)19-9;1-6-15-7(13)3-4-18(6)9-10(2,16-17-14)8(20)11(12,5-19)21-9;1-6-14-7(13)3-4-15(6)9-10(2,18)8(17)11(12,5-16)19-9/h8,11-12,17-18,29,32H,7,9-10H2,1-6H3,(H,25,26,28);3-4,8-9,17H,1,5H2,2H3,(H,14,16)(H,21,22)(H,23,24)(H2,18,19,20);3-4,8-9,16,18H,1,5H2,2H3,(H,14,17);3-4,8-9,19-20H,1,5H2,2H3,(H2,13,15);3-4,8-9,16-18H,1,5H2,2H3,(H2,13,14)/t17-,18+,21+,22+;4*8-,9+,10+,11+/m00000/s1. The molecular weight excluding hydrogens is 1930 g/mol. The number of H-pyrrole nitrogens is 1. The number of phosphoric ester groups is 2. The average molecular weight is 2020 g/mol. The minimum Gasteiger partial charge on any atom is -0.432 e. The molecule has 2 amide bonds. The highest BCUT2D eigenvalue weighted by molar-refractivity contribution is 7.66. The number of phosphoric acid groups is 4. The summed E-state index contributed by atoms with van der Waals surface area (Å²) in [5.74, 6) is -14.9. The molecule has 9 aliphatic rings. The van der Waals surface area contributed by atoms with Crippen molar-refractivity contribution in [2.75, 3.05) is 46.6 Å². The van der Waals surface area contributed by atoms with Crippen molar-refractivity contribution in [1.82, 2.24) is 49.8 Å². The van der Waals surface area contributed by atoms with E-state index in [0.29, 0.717) is 0 Å². The summed E-state index contributed by atoms with van der Waals surface area (Å²) in [6.45, 7) is 19.6. The van der Waals surface area contributed by atoms with Crippen LogP contribution in [0.3, 0.4) is 0 Å². The van der Waals surface area contributed by atoms with Gasteiger partial charge in [0.2, 0.25) is 13.6 Å². The number of alkyl halides is 7. The van der Waals surface area contributed by atoms with Crippen LogP contribution < -0.4 is 27.7 Å². The molecule has 5 saturated heterocycles. The fourth-order valence-corrected chi connectivity index (χ4v) is 17.2. The molecule has 11 heterocycles. The first-order chi connectivity index (χ1) is 60.5. The second-order valence-electron chi connectivity index (χ2n) is 30.3. The van der Waals surface area contributed by atoms with Gasteiger partial charge in [-0.1, -0.05) is 31.4 Å². The Morgan fingerprint density at radius 3 is 1.39 bits per heavy atom. The van der Waals surface area contributed by atoms with Crippen LogP contribution in [0.2, 0.25) is 0 Å². The quantitative estimate of drug-likeness (QED) is 0.00855. The van der Waals surface area contributed by atoms with Gasteiger partial charge >= 0.3 is 43.6 Å². The maximum absolute atomic E-state index is 16.0. The molecule has 0 bridgehead atoms. The largest absolute Gasteiger partial charge is 0.510 e. The summed E-state index contributed by atoms with van der Waals surface area (Å²) in [5, 5.41) is 107. The Bertz CT molecular complexity index is 5180. The van der Waals surface area contributed by atoms with E-state index in [-0.39, 0.29) is 57.9 Å². The van der Waals surface area contributed by atoms with Crippen LogP contribution in [0.15, 0.2) is 125 Å². The smallest absolute Gasteiger partial charge is 0.432 e. The predicted octanol–water partition coefficient (Wildman–Crippen LogP) is 0.692. The molecule has 2 aromatic rings. The monoisotopic (exact) mass is 2020 g/mol. The number of nitrogens with zero attached hydrogens (tertiary/aromatic N) is 12. The van der Waals surface area contributed by atoms with Crippen molar-refractivity contribution in [3.63, 3.8) is 0 Å². The number of nitrogens with two attached hydrogens (primary N) is 2. The first-order valence-corrected chi connectivity index (χ1v) is 44.0. The minimum absolute atomic E-state index is 0.0907. The van der Waals surface area contributed by atoms with Crippen LogP contribution >= 0.6 is 54.5 Å². The van der Waals surface area contributed by atoms with Crippen molar-refractivity contribution in [3.05, 3.63) is 132 Å².